The van der Waals surface area contributed by atoms with Gasteiger partial charge in [-0.05, 0) is 23.3 Å². The molecule has 0 aliphatic carbocycles. The first kappa shape index (κ1) is 17.8. The summed E-state index contributed by atoms with van der Waals surface area (Å²) in [5, 5.41) is 2.90. The zero-order valence-electron chi connectivity index (χ0n) is 15.2. The van der Waals surface area contributed by atoms with Crippen molar-refractivity contribution in [1.29, 1.82) is 0 Å². The molecule has 0 unspecified atom stereocenters. The van der Waals surface area contributed by atoms with Crippen LogP contribution in [-0.2, 0) is 17.8 Å². The number of hydrogen-bond donors (Lipinski definition) is 1. The van der Waals surface area contributed by atoms with Crippen LogP contribution in [0, 0.1) is 0 Å². The van der Waals surface area contributed by atoms with E-state index in [1.807, 2.05) is 84.9 Å². The van der Waals surface area contributed by atoms with Crippen molar-refractivity contribution in [3.8, 4) is 0 Å². The molecule has 28 heavy (non-hydrogen) atoms. The number of amides is 1. The first-order valence-electron chi connectivity index (χ1n) is 9.14. The zero-order valence-corrected chi connectivity index (χ0v) is 15.2. The van der Waals surface area contributed by atoms with Crippen LogP contribution in [0.4, 0.5) is 4.79 Å². The molecule has 0 saturated carbocycles. The summed E-state index contributed by atoms with van der Waals surface area (Å²) in [7, 11) is 0. The number of benzene rings is 3. The third-order valence-electron chi connectivity index (χ3n) is 4.40. The summed E-state index contributed by atoms with van der Waals surface area (Å²) < 4.78 is 11.3. The van der Waals surface area contributed by atoms with Gasteiger partial charge in [0, 0.05) is 6.42 Å². The van der Waals surface area contributed by atoms with Crippen molar-refractivity contribution in [2.24, 2.45) is 0 Å². The van der Waals surface area contributed by atoms with Gasteiger partial charge in [0.2, 0.25) is 5.89 Å². The van der Waals surface area contributed by atoms with Crippen LogP contribution in [0.15, 0.2) is 89.3 Å². The minimum atomic E-state index is -0.507. The van der Waals surface area contributed by atoms with Gasteiger partial charge in [-0.1, -0.05) is 72.8 Å². The lowest BCUT2D eigenvalue weighted by atomic mass is 10.1. The fourth-order valence-electron chi connectivity index (χ4n) is 3.00. The molecule has 4 rings (SSSR count). The molecule has 3 aromatic carbocycles. The molecule has 0 aliphatic rings. The number of rotatable bonds is 6. The number of oxazole rings is 1. The zero-order chi connectivity index (χ0) is 19.2. The highest BCUT2D eigenvalue weighted by molar-refractivity contribution is 5.72. The third kappa shape index (κ3) is 4.38. The highest BCUT2D eigenvalue weighted by Gasteiger charge is 2.22. The molecule has 1 amide bonds. The molecule has 1 N–H and O–H groups in total. The SMILES string of the molecule is O=C(N[C@@H](Cc1ccccc1)c1nc2ccccc2o1)OCc1ccccc1. The van der Waals surface area contributed by atoms with E-state index in [0.717, 1.165) is 16.6 Å². The first-order valence-corrected chi connectivity index (χ1v) is 9.14. The number of para-hydroxylation sites is 2. The van der Waals surface area contributed by atoms with Crippen molar-refractivity contribution >= 4 is 17.2 Å². The summed E-state index contributed by atoms with van der Waals surface area (Å²) >= 11 is 0. The smallest absolute Gasteiger partial charge is 0.408 e. The maximum absolute atomic E-state index is 12.4. The highest BCUT2D eigenvalue weighted by Crippen LogP contribution is 2.23. The molecular formula is C23H20N2O3. The molecule has 1 atom stereocenters. The molecule has 0 saturated heterocycles. The molecule has 0 fully saturated rings. The van der Waals surface area contributed by atoms with Crippen LogP contribution in [0.25, 0.3) is 11.1 Å². The number of nitrogens with zero attached hydrogens (tertiary/aromatic N) is 1. The predicted octanol–water partition coefficient (Wildman–Crippen LogP) is 5.04. The van der Waals surface area contributed by atoms with E-state index in [-0.39, 0.29) is 6.61 Å². The van der Waals surface area contributed by atoms with Crippen LogP contribution in [0.1, 0.15) is 23.1 Å². The van der Waals surface area contributed by atoms with Gasteiger partial charge in [-0.2, -0.15) is 0 Å². The summed E-state index contributed by atoms with van der Waals surface area (Å²) in [5.74, 6) is 0.460. The molecule has 4 aromatic rings. The number of nitrogens with one attached hydrogen (secondary N) is 1. The van der Waals surface area contributed by atoms with E-state index < -0.39 is 12.1 Å². The normalized spacial score (nSPS) is 11.9. The van der Waals surface area contributed by atoms with Crippen LogP contribution in [0.3, 0.4) is 0 Å². The second-order valence-corrected chi connectivity index (χ2v) is 6.47. The third-order valence-corrected chi connectivity index (χ3v) is 4.40. The molecular weight excluding hydrogens is 352 g/mol. The van der Waals surface area contributed by atoms with Gasteiger partial charge in [0.15, 0.2) is 5.58 Å². The fourth-order valence-corrected chi connectivity index (χ4v) is 3.00. The van der Waals surface area contributed by atoms with Gasteiger partial charge in [0.25, 0.3) is 0 Å². The Hall–Kier alpha value is -3.60. The standard InChI is InChI=1S/C23H20N2O3/c26-23(27-16-18-11-5-2-6-12-18)25-20(15-17-9-3-1-4-10-17)22-24-19-13-7-8-14-21(19)28-22/h1-14,20H,15-16H2,(H,25,26)/t20-/m0/s1. The van der Waals surface area contributed by atoms with Gasteiger partial charge >= 0.3 is 6.09 Å². The fraction of sp³-hybridized carbons (Fsp3) is 0.130. The molecule has 0 radical (unpaired) electrons. The number of carbonyl (C=O) groups is 1. The molecule has 5 heteroatoms. The van der Waals surface area contributed by atoms with Crippen LogP contribution in [0.2, 0.25) is 0 Å². The summed E-state index contributed by atoms with van der Waals surface area (Å²) in [6.07, 6.45) is 0.0423. The van der Waals surface area contributed by atoms with Crippen molar-refractivity contribution in [3.05, 3.63) is 102 Å². The van der Waals surface area contributed by atoms with Crippen LogP contribution >= 0.6 is 0 Å². The molecule has 0 bridgehead atoms. The maximum atomic E-state index is 12.4. The van der Waals surface area contributed by atoms with E-state index in [1.54, 1.807) is 0 Å². The van der Waals surface area contributed by atoms with Gasteiger partial charge in [-0.3, -0.25) is 0 Å². The Balaban J connectivity index is 1.51. The van der Waals surface area contributed by atoms with Gasteiger partial charge < -0.3 is 14.5 Å². The number of hydrogen-bond acceptors (Lipinski definition) is 4. The molecule has 0 aliphatic heterocycles. The first-order chi connectivity index (χ1) is 13.8. The largest absolute Gasteiger partial charge is 0.445 e. The Morgan fingerprint density at radius 1 is 0.893 bits per heavy atom. The average Bonchev–Trinajstić information content (AvgIpc) is 3.18. The predicted molar refractivity (Wildman–Crippen MR) is 107 cm³/mol. The minimum absolute atomic E-state index is 0.207. The van der Waals surface area contributed by atoms with Gasteiger partial charge in [0.05, 0.1) is 0 Å². The Kier molecular flexibility index (Phi) is 5.33. The highest BCUT2D eigenvalue weighted by atomic mass is 16.5. The van der Waals surface area contributed by atoms with E-state index in [9.17, 15) is 4.79 Å². The van der Waals surface area contributed by atoms with E-state index in [4.69, 9.17) is 9.15 Å². The van der Waals surface area contributed by atoms with E-state index in [2.05, 4.69) is 10.3 Å². The van der Waals surface area contributed by atoms with Crippen molar-refractivity contribution in [2.45, 2.75) is 19.1 Å². The Morgan fingerprint density at radius 3 is 2.25 bits per heavy atom. The maximum Gasteiger partial charge on any atom is 0.408 e. The lowest BCUT2D eigenvalue weighted by Crippen LogP contribution is -2.30. The van der Waals surface area contributed by atoms with Crippen molar-refractivity contribution < 1.29 is 13.9 Å². The van der Waals surface area contributed by atoms with Crippen LogP contribution < -0.4 is 5.32 Å². The molecule has 1 heterocycles. The Labute approximate surface area is 163 Å². The number of aromatic nitrogens is 1. The molecule has 0 spiro atoms. The minimum Gasteiger partial charge on any atom is -0.445 e. The second-order valence-electron chi connectivity index (χ2n) is 6.47. The average molecular weight is 372 g/mol. The quantitative estimate of drug-likeness (QED) is 0.515. The van der Waals surface area contributed by atoms with E-state index >= 15 is 0 Å². The Morgan fingerprint density at radius 2 is 1.54 bits per heavy atom. The van der Waals surface area contributed by atoms with Crippen LogP contribution in [0.5, 0.6) is 0 Å². The van der Waals surface area contributed by atoms with Gasteiger partial charge in [0.1, 0.15) is 18.2 Å². The van der Waals surface area contributed by atoms with E-state index in [1.165, 1.54) is 0 Å². The van der Waals surface area contributed by atoms with Crippen LogP contribution in [-0.4, -0.2) is 11.1 Å². The topological polar surface area (TPSA) is 64.4 Å². The van der Waals surface area contributed by atoms with Crippen molar-refractivity contribution in [1.82, 2.24) is 10.3 Å². The number of fused-ring (bicyclic) bond motifs is 1. The van der Waals surface area contributed by atoms with Gasteiger partial charge in [-0.15, -0.1) is 0 Å². The van der Waals surface area contributed by atoms with Crippen molar-refractivity contribution in [2.75, 3.05) is 0 Å². The number of ether oxygens (including phenoxy) is 1. The lowest BCUT2D eigenvalue weighted by Gasteiger charge is -2.16. The lowest BCUT2D eigenvalue weighted by molar-refractivity contribution is 0.134. The van der Waals surface area contributed by atoms with Crippen molar-refractivity contribution in [3.63, 3.8) is 0 Å². The molecule has 140 valence electrons. The second kappa shape index (κ2) is 8.39. The summed E-state index contributed by atoms with van der Waals surface area (Å²) in [4.78, 5) is 16.9. The summed E-state index contributed by atoms with van der Waals surface area (Å²) in [5.41, 5.74) is 3.45. The molecule has 5 nitrogen and oxygen atoms in total. The summed E-state index contributed by atoms with van der Waals surface area (Å²) in [6, 6.07) is 26.6. The van der Waals surface area contributed by atoms with E-state index in [0.29, 0.717) is 17.9 Å². The molecule has 1 aromatic heterocycles. The number of alkyl carbamates (subject to hydrolysis) is 1. The monoisotopic (exact) mass is 372 g/mol. The summed E-state index contributed by atoms with van der Waals surface area (Å²) in [6.45, 7) is 0.207. The number of carbonyl (C=O) groups excluding carboxylic acids is 1. The Bertz CT molecular complexity index is 1010. The van der Waals surface area contributed by atoms with Gasteiger partial charge in [-0.25, -0.2) is 9.78 Å².